The van der Waals surface area contributed by atoms with Crippen molar-refractivity contribution >= 4 is 45.1 Å². The van der Waals surface area contributed by atoms with Crippen LogP contribution in [-0.2, 0) is 6.18 Å². The molecule has 0 saturated carbocycles. The topological polar surface area (TPSA) is 24.9 Å². The van der Waals surface area contributed by atoms with Gasteiger partial charge in [0.05, 0.1) is 0 Å². The molecule has 0 aliphatic heterocycles. The zero-order valence-corrected chi connectivity index (χ0v) is 16.3. The second-order valence-electron chi connectivity index (χ2n) is 6.09. The van der Waals surface area contributed by atoms with Gasteiger partial charge in [-0.3, -0.25) is 0 Å². The predicted molar refractivity (Wildman–Crippen MR) is 86.9 cm³/mol. The van der Waals surface area contributed by atoms with E-state index in [1.165, 1.54) is 18.2 Å². The SMILES string of the molecule is [CH3][Sn]([CH3])([CH3])[c]1ccc(C(F)(F)F)nc1Nc1ccc(F)cc1Cl. The Morgan fingerprint density at radius 1 is 1.09 bits per heavy atom. The van der Waals surface area contributed by atoms with Crippen LogP contribution in [0.15, 0.2) is 30.3 Å². The standard InChI is InChI=1S/C12H6ClF4N2.3CH3.Sn/c13-8-6-7(14)4-5-9(8)18-11-3-1-2-10(19-11)12(15,16)17;;;;/h1-2,4-6H,(H,18,19);3*1H3;. The summed E-state index contributed by atoms with van der Waals surface area (Å²) in [7, 11) is 0. The van der Waals surface area contributed by atoms with Crippen molar-refractivity contribution in [3.8, 4) is 0 Å². The van der Waals surface area contributed by atoms with E-state index in [9.17, 15) is 17.6 Å². The van der Waals surface area contributed by atoms with Crippen molar-refractivity contribution in [3.63, 3.8) is 0 Å². The molecular formula is C15H15ClF4N2Sn. The molecule has 0 radical (unpaired) electrons. The fraction of sp³-hybridized carbons (Fsp3) is 0.267. The summed E-state index contributed by atoms with van der Waals surface area (Å²) in [5, 5.41) is 2.91. The van der Waals surface area contributed by atoms with E-state index in [0.717, 1.165) is 15.7 Å². The second kappa shape index (κ2) is 6.47. The number of nitrogens with zero attached hydrogens (tertiary/aromatic N) is 1. The molecule has 0 aliphatic rings. The number of nitrogens with one attached hydrogen (secondary N) is 1. The van der Waals surface area contributed by atoms with Crippen LogP contribution in [0.4, 0.5) is 29.1 Å². The summed E-state index contributed by atoms with van der Waals surface area (Å²) < 4.78 is 52.7. The van der Waals surface area contributed by atoms with Crippen LogP contribution >= 0.6 is 11.6 Å². The molecule has 124 valence electrons. The van der Waals surface area contributed by atoms with Gasteiger partial charge in [0.1, 0.15) is 0 Å². The molecule has 0 saturated heterocycles. The van der Waals surface area contributed by atoms with Gasteiger partial charge in [0.2, 0.25) is 0 Å². The third-order valence-electron chi connectivity index (χ3n) is 3.18. The van der Waals surface area contributed by atoms with Crippen LogP contribution < -0.4 is 8.90 Å². The van der Waals surface area contributed by atoms with Crippen LogP contribution in [-0.4, -0.2) is 23.4 Å². The van der Waals surface area contributed by atoms with Crippen molar-refractivity contribution in [1.82, 2.24) is 4.98 Å². The molecule has 8 heteroatoms. The minimum atomic E-state index is -4.53. The van der Waals surface area contributed by atoms with E-state index in [0.29, 0.717) is 5.69 Å². The second-order valence-corrected chi connectivity index (χ2v) is 20.9. The number of benzene rings is 1. The molecule has 1 N–H and O–H groups in total. The zero-order chi connectivity index (χ0) is 17.4. The number of anilines is 2. The predicted octanol–water partition coefficient (Wildman–Crippen LogP) is 5.18. The molecule has 0 spiro atoms. The fourth-order valence-corrected chi connectivity index (χ4v) is 6.28. The first-order chi connectivity index (χ1) is 10.5. The van der Waals surface area contributed by atoms with Crippen molar-refractivity contribution in [2.75, 3.05) is 5.32 Å². The molecule has 0 aliphatic carbocycles. The molecule has 2 nitrogen and oxygen atoms in total. The first-order valence-corrected chi connectivity index (χ1v) is 17.2. The van der Waals surface area contributed by atoms with E-state index >= 15 is 0 Å². The molecule has 1 heterocycles. The molecule has 0 bridgehead atoms. The molecule has 0 fully saturated rings. The van der Waals surface area contributed by atoms with E-state index < -0.39 is 36.1 Å². The van der Waals surface area contributed by atoms with Gasteiger partial charge in [-0.05, 0) is 0 Å². The summed E-state index contributed by atoms with van der Waals surface area (Å²) in [6.07, 6.45) is -4.53. The number of pyridine rings is 1. The third kappa shape index (κ3) is 4.50. The average Bonchev–Trinajstić information content (AvgIpc) is 2.39. The quantitative estimate of drug-likeness (QED) is 0.512. The third-order valence-corrected chi connectivity index (χ3v) is 9.25. The van der Waals surface area contributed by atoms with Crippen molar-refractivity contribution in [2.45, 2.75) is 21.0 Å². The van der Waals surface area contributed by atoms with Crippen LogP contribution in [0, 0.1) is 5.82 Å². The Hall–Kier alpha value is -1.02. The Labute approximate surface area is 140 Å². The van der Waals surface area contributed by atoms with Gasteiger partial charge in [-0.15, -0.1) is 0 Å². The first-order valence-electron chi connectivity index (χ1n) is 6.79. The number of halogens is 5. The van der Waals surface area contributed by atoms with Crippen molar-refractivity contribution in [3.05, 3.63) is 46.9 Å². The monoisotopic (exact) mass is 454 g/mol. The summed E-state index contributed by atoms with van der Waals surface area (Å²) >= 11 is 3.21. The Morgan fingerprint density at radius 2 is 1.74 bits per heavy atom. The van der Waals surface area contributed by atoms with Crippen molar-refractivity contribution in [1.29, 1.82) is 0 Å². The van der Waals surface area contributed by atoms with E-state index in [1.807, 2.05) is 0 Å². The van der Waals surface area contributed by atoms with E-state index in [4.69, 9.17) is 11.6 Å². The number of rotatable bonds is 3. The van der Waals surface area contributed by atoms with Crippen molar-refractivity contribution in [2.24, 2.45) is 0 Å². The van der Waals surface area contributed by atoms with Crippen molar-refractivity contribution < 1.29 is 17.6 Å². The maximum atomic E-state index is 13.1. The molecular weight excluding hydrogens is 438 g/mol. The maximum absolute atomic E-state index is 13.1. The normalized spacial score (nSPS) is 12.3. The number of hydrogen-bond acceptors (Lipinski definition) is 2. The summed E-state index contributed by atoms with van der Waals surface area (Å²) in [5.74, 6) is -0.385. The van der Waals surface area contributed by atoms with Crippen LogP contribution in [0.1, 0.15) is 5.69 Å². The van der Waals surface area contributed by atoms with Gasteiger partial charge >= 0.3 is 141 Å². The molecule has 1 aromatic carbocycles. The van der Waals surface area contributed by atoms with Gasteiger partial charge < -0.3 is 0 Å². The summed E-state index contributed by atoms with van der Waals surface area (Å²) in [6, 6.07) is 6.13. The first kappa shape index (κ1) is 18.3. The fourth-order valence-electron chi connectivity index (χ4n) is 2.04. The Morgan fingerprint density at radius 3 is 2.26 bits per heavy atom. The molecule has 23 heavy (non-hydrogen) atoms. The van der Waals surface area contributed by atoms with Crippen LogP contribution in [0.2, 0.25) is 19.8 Å². The van der Waals surface area contributed by atoms with Gasteiger partial charge in [0.25, 0.3) is 0 Å². The van der Waals surface area contributed by atoms with E-state index in [2.05, 4.69) is 25.1 Å². The van der Waals surface area contributed by atoms with Gasteiger partial charge in [-0.25, -0.2) is 0 Å². The average molecular weight is 453 g/mol. The Balaban J connectivity index is 2.53. The summed E-state index contributed by atoms with van der Waals surface area (Å²) in [5.41, 5.74) is -0.658. The molecule has 2 rings (SSSR count). The summed E-state index contributed by atoms with van der Waals surface area (Å²) in [6.45, 7) is 0. The minimum absolute atomic E-state index is 0.0827. The van der Waals surface area contributed by atoms with E-state index in [-0.39, 0.29) is 10.8 Å². The van der Waals surface area contributed by atoms with Gasteiger partial charge in [0.15, 0.2) is 0 Å². The van der Waals surface area contributed by atoms with E-state index in [1.54, 1.807) is 0 Å². The molecule has 1 aromatic heterocycles. The number of aromatic nitrogens is 1. The molecule has 0 unspecified atom stereocenters. The van der Waals surface area contributed by atoms with Gasteiger partial charge in [-0.1, -0.05) is 0 Å². The van der Waals surface area contributed by atoms with Crippen LogP contribution in [0.5, 0.6) is 0 Å². The summed E-state index contributed by atoms with van der Waals surface area (Å²) in [4.78, 5) is 9.93. The van der Waals surface area contributed by atoms with Crippen LogP contribution in [0.3, 0.4) is 0 Å². The number of alkyl halides is 3. The molecule has 2 aromatic rings. The Kier molecular flexibility index (Phi) is 5.15. The zero-order valence-electron chi connectivity index (χ0n) is 12.7. The van der Waals surface area contributed by atoms with Gasteiger partial charge in [0, 0.05) is 0 Å². The molecule has 0 atom stereocenters. The number of hydrogen-bond donors (Lipinski definition) is 1. The molecule has 0 amide bonds. The van der Waals surface area contributed by atoms with Gasteiger partial charge in [-0.2, -0.15) is 0 Å². The van der Waals surface area contributed by atoms with Crippen LogP contribution in [0.25, 0.3) is 0 Å². The Bertz CT molecular complexity index is 726.